The Kier molecular flexibility index (Phi) is 7.25. The van der Waals surface area contributed by atoms with Crippen LogP contribution in [0.4, 0.5) is 19.4 Å². The molecular formula is C25H33ClF2N6O4. The number of hydrogen-bond acceptors (Lipinski definition) is 9. The molecule has 0 saturated carbocycles. The van der Waals surface area contributed by atoms with Gasteiger partial charge in [-0.15, -0.1) is 0 Å². The number of anilines is 1. The maximum atomic E-state index is 15.1. The van der Waals surface area contributed by atoms with Gasteiger partial charge in [0.1, 0.15) is 29.7 Å². The van der Waals surface area contributed by atoms with Gasteiger partial charge < -0.3 is 24.4 Å². The highest BCUT2D eigenvalue weighted by molar-refractivity contribution is 6.30. The Bertz CT molecular complexity index is 1220. The van der Waals surface area contributed by atoms with Crippen LogP contribution in [0.1, 0.15) is 40.0 Å². The molecule has 0 bridgehead atoms. The van der Waals surface area contributed by atoms with Crippen molar-refractivity contribution in [3.8, 4) is 6.01 Å². The van der Waals surface area contributed by atoms with E-state index in [4.69, 9.17) is 21.1 Å². The summed E-state index contributed by atoms with van der Waals surface area (Å²) in [5, 5.41) is 10.7. The fourth-order valence-electron chi connectivity index (χ4n) is 5.63. The van der Waals surface area contributed by atoms with E-state index in [0.717, 1.165) is 19.4 Å². The number of carbonyl (C=O) groups is 1. The summed E-state index contributed by atoms with van der Waals surface area (Å²) in [6.45, 7) is 7.40. The lowest BCUT2D eigenvalue weighted by Gasteiger charge is -2.31. The molecule has 3 aliphatic heterocycles. The van der Waals surface area contributed by atoms with Crippen LogP contribution in [0.2, 0.25) is 5.15 Å². The Morgan fingerprint density at radius 1 is 1.24 bits per heavy atom. The van der Waals surface area contributed by atoms with Gasteiger partial charge in [-0.2, -0.15) is 9.97 Å². The van der Waals surface area contributed by atoms with Gasteiger partial charge in [0.15, 0.2) is 11.0 Å². The number of ether oxygens (including phenoxy) is 2. The van der Waals surface area contributed by atoms with Crippen molar-refractivity contribution in [2.45, 2.75) is 63.4 Å². The molecule has 0 aliphatic carbocycles. The van der Waals surface area contributed by atoms with Gasteiger partial charge in [-0.05, 0) is 40.2 Å². The molecule has 0 spiro atoms. The molecule has 3 fully saturated rings. The summed E-state index contributed by atoms with van der Waals surface area (Å²) in [5.74, 6) is -0.512. The SMILES string of the molecule is CC(C)(C)OC(=O)N1CCN(c2nc(OC[C@@]34CCCN3C[C@H](F)C4)nc3c(F)c(Cl)ncc23)CC(O)C1. The van der Waals surface area contributed by atoms with Crippen molar-refractivity contribution in [3.05, 3.63) is 17.2 Å². The monoisotopic (exact) mass is 554 g/mol. The molecule has 2 aromatic rings. The van der Waals surface area contributed by atoms with Crippen molar-refractivity contribution in [2.75, 3.05) is 50.8 Å². The van der Waals surface area contributed by atoms with Gasteiger partial charge >= 0.3 is 12.1 Å². The molecule has 2 aromatic heterocycles. The summed E-state index contributed by atoms with van der Waals surface area (Å²) in [4.78, 5) is 30.7. The molecule has 38 heavy (non-hydrogen) atoms. The van der Waals surface area contributed by atoms with E-state index in [9.17, 15) is 14.3 Å². The molecular weight excluding hydrogens is 522 g/mol. The van der Waals surface area contributed by atoms with E-state index in [1.165, 1.54) is 11.1 Å². The van der Waals surface area contributed by atoms with Crippen LogP contribution in [-0.4, -0.2) is 105 Å². The van der Waals surface area contributed by atoms with Gasteiger partial charge in [-0.3, -0.25) is 4.90 Å². The molecule has 208 valence electrons. The van der Waals surface area contributed by atoms with Crippen LogP contribution < -0.4 is 9.64 Å². The van der Waals surface area contributed by atoms with Gasteiger partial charge in [-0.1, -0.05) is 11.6 Å². The summed E-state index contributed by atoms with van der Waals surface area (Å²) < 4.78 is 40.8. The van der Waals surface area contributed by atoms with E-state index in [0.29, 0.717) is 24.2 Å². The lowest BCUT2D eigenvalue weighted by Crippen LogP contribution is -2.43. The quantitative estimate of drug-likeness (QED) is 0.571. The highest BCUT2D eigenvalue weighted by Gasteiger charge is 2.49. The van der Waals surface area contributed by atoms with E-state index < -0.39 is 35.3 Å². The van der Waals surface area contributed by atoms with Crippen LogP contribution in [0.3, 0.4) is 0 Å². The zero-order valence-electron chi connectivity index (χ0n) is 21.8. The molecule has 5 heterocycles. The highest BCUT2D eigenvalue weighted by Crippen LogP contribution is 2.40. The number of rotatable bonds is 4. The van der Waals surface area contributed by atoms with Gasteiger partial charge in [0.05, 0.1) is 23.6 Å². The zero-order valence-corrected chi connectivity index (χ0v) is 22.5. The molecule has 1 amide bonds. The zero-order chi connectivity index (χ0) is 27.2. The number of halogens is 3. The average Bonchev–Trinajstić information content (AvgIpc) is 3.28. The molecule has 13 heteroatoms. The normalized spacial score (nSPS) is 26.5. The number of aliphatic hydroxyl groups excluding tert-OH is 1. The third kappa shape index (κ3) is 5.43. The molecule has 1 unspecified atom stereocenters. The van der Waals surface area contributed by atoms with E-state index in [1.54, 1.807) is 25.7 Å². The molecule has 3 saturated heterocycles. The third-order valence-corrected chi connectivity index (χ3v) is 7.55. The molecule has 0 aromatic carbocycles. The molecule has 3 aliphatic rings. The standard InChI is InChI=1S/C25H33ClF2N6O4/c1-24(2,3)38-23(36)33-8-7-32(12-16(35)13-33)21-17-10-29-20(26)18(28)19(17)30-22(31-21)37-14-25-5-4-6-34(25)11-15(27)9-25/h10,15-16,35H,4-9,11-14H2,1-3H3/t15-,16?,25+/m1/s1. The first-order chi connectivity index (χ1) is 17.9. The summed E-state index contributed by atoms with van der Waals surface area (Å²) >= 11 is 5.96. The topological polar surface area (TPSA) is 104 Å². The number of aromatic nitrogens is 3. The molecule has 0 radical (unpaired) electrons. The summed E-state index contributed by atoms with van der Waals surface area (Å²) in [6, 6.07) is -0.0695. The van der Waals surface area contributed by atoms with Crippen molar-refractivity contribution in [1.82, 2.24) is 24.8 Å². The minimum absolute atomic E-state index is 0.0664. The molecule has 3 atom stereocenters. The predicted octanol–water partition coefficient (Wildman–Crippen LogP) is 3.19. The maximum Gasteiger partial charge on any atom is 0.410 e. The predicted molar refractivity (Wildman–Crippen MR) is 137 cm³/mol. The van der Waals surface area contributed by atoms with E-state index in [2.05, 4.69) is 19.9 Å². The van der Waals surface area contributed by atoms with Crippen molar-refractivity contribution in [2.24, 2.45) is 0 Å². The fraction of sp³-hybridized carbons (Fsp3) is 0.680. The smallest absolute Gasteiger partial charge is 0.410 e. The lowest BCUT2D eigenvalue weighted by molar-refractivity contribution is 0.0186. The van der Waals surface area contributed by atoms with Crippen LogP contribution in [0, 0.1) is 5.82 Å². The molecule has 5 rings (SSSR count). The summed E-state index contributed by atoms with van der Waals surface area (Å²) in [5.41, 5.74) is -1.18. The van der Waals surface area contributed by atoms with Crippen LogP contribution in [0.5, 0.6) is 6.01 Å². The Balaban J connectivity index is 1.43. The van der Waals surface area contributed by atoms with Crippen LogP contribution >= 0.6 is 11.6 Å². The first-order valence-electron chi connectivity index (χ1n) is 12.9. The Labute approximate surface area is 224 Å². The number of nitrogens with zero attached hydrogens (tertiary/aromatic N) is 6. The highest BCUT2D eigenvalue weighted by atomic mass is 35.5. The Hall–Kier alpha value is -2.57. The van der Waals surface area contributed by atoms with Crippen molar-refractivity contribution in [3.63, 3.8) is 0 Å². The maximum absolute atomic E-state index is 15.1. The second-order valence-electron chi connectivity index (χ2n) is 11.3. The van der Waals surface area contributed by atoms with Gasteiger partial charge in [-0.25, -0.2) is 18.6 Å². The number of carbonyl (C=O) groups excluding carboxylic acids is 1. The minimum Gasteiger partial charge on any atom is -0.461 e. The largest absolute Gasteiger partial charge is 0.461 e. The number of amides is 1. The fourth-order valence-corrected chi connectivity index (χ4v) is 5.77. The number of aliphatic hydroxyl groups is 1. The van der Waals surface area contributed by atoms with Crippen LogP contribution in [-0.2, 0) is 4.74 Å². The molecule has 1 N–H and O–H groups in total. The second kappa shape index (κ2) is 10.2. The minimum atomic E-state index is -0.921. The summed E-state index contributed by atoms with van der Waals surface area (Å²) in [7, 11) is 0. The average molecular weight is 555 g/mol. The van der Waals surface area contributed by atoms with E-state index in [1.807, 2.05) is 0 Å². The number of hydrogen-bond donors (Lipinski definition) is 1. The number of pyridine rings is 1. The second-order valence-corrected chi connectivity index (χ2v) is 11.7. The van der Waals surface area contributed by atoms with Crippen molar-refractivity contribution in [1.29, 1.82) is 0 Å². The lowest BCUT2D eigenvalue weighted by atomic mass is 9.95. The van der Waals surface area contributed by atoms with Crippen molar-refractivity contribution >= 4 is 34.4 Å². The van der Waals surface area contributed by atoms with Crippen LogP contribution in [0.25, 0.3) is 10.9 Å². The Morgan fingerprint density at radius 3 is 2.79 bits per heavy atom. The first kappa shape index (κ1) is 27.0. The third-order valence-electron chi connectivity index (χ3n) is 7.29. The number of β-amino-alcohol motifs (C(OH)–C–C–N with tert-alkyl or cyclic N) is 1. The van der Waals surface area contributed by atoms with E-state index in [-0.39, 0.29) is 49.5 Å². The van der Waals surface area contributed by atoms with Gasteiger partial charge in [0, 0.05) is 38.8 Å². The first-order valence-corrected chi connectivity index (χ1v) is 13.3. The Morgan fingerprint density at radius 2 is 2.03 bits per heavy atom. The van der Waals surface area contributed by atoms with Crippen LogP contribution in [0.15, 0.2) is 6.20 Å². The summed E-state index contributed by atoms with van der Waals surface area (Å²) in [6.07, 6.45) is 1.14. The van der Waals surface area contributed by atoms with Gasteiger partial charge in [0.25, 0.3) is 0 Å². The van der Waals surface area contributed by atoms with E-state index >= 15 is 4.39 Å². The number of alkyl halides is 1. The van der Waals surface area contributed by atoms with Gasteiger partial charge in [0.2, 0.25) is 0 Å². The van der Waals surface area contributed by atoms with Crippen molar-refractivity contribution < 1.29 is 28.2 Å². The number of fused-ring (bicyclic) bond motifs is 2. The molecule has 10 nitrogen and oxygen atoms in total.